The number of carbonyl (C=O) groups excluding carboxylic acids is 1. The van der Waals surface area contributed by atoms with E-state index in [0.29, 0.717) is 10.2 Å². The molecule has 0 unspecified atom stereocenters. The summed E-state index contributed by atoms with van der Waals surface area (Å²) in [6.45, 7) is 1.80. The second kappa shape index (κ2) is 5.57. The molecule has 0 saturated carbocycles. The number of hydrogen-bond acceptors (Lipinski definition) is 5. The summed E-state index contributed by atoms with van der Waals surface area (Å²) in [7, 11) is -2.69. The van der Waals surface area contributed by atoms with Crippen LogP contribution >= 0.6 is 15.9 Å². The molecule has 0 bridgehead atoms. The van der Waals surface area contributed by atoms with Crippen molar-refractivity contribution in [2.45, 2.75) is 6.92 Å². The van der Waals surface area contributed by atoms with E-state index in [4.69, 9.17) is 5.73 Å². The minimum absolute atomic E-state index is 0.280. The minimum atomic E-state index is -3.81. The number of anilines is 2. The summed E-state index contributed by atoms with van der Waals surface area (Å²) in [5, 5.41) is 0. The molecule has 0 aliphatic carbocycles. The number of nitrogen functional groups attached to an aromatic ring is 1. The third-order valence-corrected chi connectivity index (χ3v) is 3.96. The number of halogens is 1. The third-order valence-electron chi connectivity index (χ3n) is 2.16. The van der Waals surface area contributed by atoms with E-state index in [1.165, 1.54) is 6.07 Å². The summed E-state index contributed by atoms with van der Waals surface area (Å²) in [4.78, 5) is 10.9. The lowest BCUT2D eigenvalue weighted by Crippen LogP contribution is -2.23. The number of ether oxygens (including phenoxy) is 1. The molecule has 3 N–H and O–H groups in total. The molecule has 18 heavy (non-hydrogen) atoms. The van der Waals surface area contributed by atoms with Crippen LogP contribution < -0.4 is 10.5 Å². The van der Waals surface area contributed by atoms with Gasteiger partial charge in [-0.2, -0.15) is 0 Å². The van der Waals surface area contributed by atoms with E-state index in [2.05, 4.69) is 25.4 Å². The normalized spacial score (nSPS) is 11.1. The first-order chi connectivity index (χ1) is 8.25. The van der Waals surface area contributed by atoms with Crippen LogP contribution in [0, 0.1) is 6.92 Å². The molecule has 0 aromatic heterocycles. The van der Waals surface area contributed by atoms with Crippen molar-refractivity contribution in [2.24, 2.45) is 0 Å². The fourth-order valence-electron chi connectivity index (χ4n) is 1.19. The van der Waals surface area contributed by atoms with Gasteiger partial charge in [0.05, 0.1) is 12.8 Å². The Morgan fingerprint density at radius 1 is 1.50 bits per heavy atom. The molecule has 1 aromatic rings. The quantitative estimate of drug-likeness (QED) is 0.636. The fraction of sp³-hybridized carbons (Fsp3) is 0.300. The van der Waals surface area contributed by atoms with Gasteiger partial charge >= 0.3 is 5.97 Å². The number of nitrogens with two attached hydrogens (primary N) is 1. The van der Waals surface area contributed by atoms with Crippen LogP contribution in [0.4, 0.5) is 11.4 Å². The molecule has 0 fully saturated rings. The van der Waals surface area contributed by atoms with E-state index in [-0.39, 0.29) is 5.69 Å². The van der Waals surface area contributed by atoms with E-state index in [9.17, 15) is 13.2 Å². The van der Waals surface area contributed by atoms with Crippen LogP contribution in [0.5, 0.6) is 0 Å². The van der Waals surface area contributed by atoms with Crippen molar-refractivity contribution in [1.29, 1.82) is 0 Å². The van der Waals surface area contributed by atoms with Gasteiger partial charge in [-0.05, 0) is 40.5 Å². The molecule has 8 heteroatoms. The van der Waals surface area contributed by atoms with E-state index >= 15 is 0 Å². The van der Waals surface area contributed by atoms with E-state index in [1.807, 2.05) is 0 Å². The lowest BCUT2D eigenvalue weighted by Gasteiger charge is -2.11. The molecule has 1 aromatic carbocycles. The van der Waals surface area contributed by atoms with Gasteiger partial charge in [-0.15, -0.1) is 0 Å². The average molecular weight is 337 g/mol. The highest BCUT2D eigenvalue weighted by Crippen LogP contribution is 2.28. The predicted molar refractivity (Wildman–Crippen MR) is 72.7 cm³/mol. The van der Waals surface area contributed by atoms with Gasteiger partial charge in [-0.1, -0.05) is 0 Å². The summed E-state index contributed by atoms with van der Waals surface area (Å²) in [6.07, 6.45) is 0. The average Bonchev–Trinajstić information content (AvgIpc) is 2.24. The van der Waals surface area contributed by atoms with Crippen LogP contribution in [0.3, 0.4) is 0 Å². The zero-order chi connectivity index (χ0) is 13.9. The van der Waals surface area contributed by atoms with E-state index < -0.39 is 21.7 Å². The predicted octanol–water partition coefficient (Wildman–Crippen LogP) is 1.25. The van der Waals surface area contributed by atoms with Crippen LogP contribution in [0.15, 0.2) is 16.6 Å². The van der Waals surface area contributed by atoms with Crippen LogP contribution in [0.25, 0.3) is 0 Å². The number of esters is 1. The Labute approximate surface area is 114 Å². The summed E-state index contributed by atoms with van der Waals surface area (Å²) < 4.78 is 30.4. The lowest BCUT2D eigenvalue weighted by molar-refractivity contribution is -0.137. The maximum absolute atomic E-state index is 11.6. The molecule has 0 amide bonds. The Morgan fingerprint density at radius 2 is 2.11 bits per heavy atom. The smallest absolute Gasteiger partial charge is 0.322 e. The Morgan fingerprint density at radius 3 is 2.67 bits per heavy atom. The number of hydrogen-bond donors (Lipinski definition) is 2. The zero-order valence-corrected chi connectivity index (χ0v) is 12.3. The number of methoxy groups -OCH3 is 1. The van der Waals surface area contributed by atoms with Crippen LogP contribution in [-0.4, -0.2) is 27.2 Å². The minimum Gasteiger partial charge on any atom is -0.468 e. The van der Waals surface area contributed by atoms with Crippen LogP contribution in [0.1, 0.15) is 5.56 Å². The van der Waals surface area contributed by atoms with Gasteiger partial charge in [0.15, 0.2) is 5.75 Å². The van der Waals surface area contributed by atoms with Crippen molar-refractivity contribution in [3.63, 3.8) is 0 Å². The van der Waals surface area contributed by atoms with Crippen molar-refractivity contribution in [3.05, 3.63) is 22.2 Å². The molecule has 0 radical (unpaired) electrons. The molecule has 0 spiro atoms. The van der Waals surface area contributed by atoms with E-state index in [1.54, 1.807) is 13.0 Å². The number of rotatable bonds is 4. The number of nitrogens with one attached hydrogen (secondary N) is 1. The van der Waals surface area contributed by atoms with Crippen LogP contribution in [-0.2, 0) is 19.6 Å². The van der Waals surface area contributed by atoms with Crippen molar-refractivity contribution >= 4 is 43.3 Å². The highest BCUT2D eigenvalue weighted by Gasteiger charge is 2.18. The Hall–Kier alpha value is -1.28. The molecule has 6 nitrogen and oxygen atoms in total. The third kappa shape index (κ3) is 3.88. The van der Waals surface area contributed by atoms with Gasteiger partial charge in [0, 0.05) is 10.2 Å². The molecule has 0 heterocycles. The molecule has 1 rings (SSSR count). The van der Waals surface area contributed by atoms with E-state index in [0.717, 1.165) is 12.7 Å². The summed E-state index contributed by atoms with van der Waals surface area (Å²) in [5.41, 5.74) is 7.24. The van der Waals surface area contributed by atoms with Crippen molar-refractivity contribution in [1.82, 2.24) is 0 Å². The highest BCUT2D eigenvalue weighted by molar-refractivity contribution is 9.10. The molecule has 0 aliphatic rings. The maximum atomic E-state index is 11.6. The van der Waals surface area contributed by atoms with Gasteiger partial charge in [0.25, 0.3) is 0 Å². The number of aryl methyl sites for hydroxylation is 1. The van der Waals surface area contributed by atoms with Gasteiger partial charge in [-0.3, -0.25) is 9.52 Å². The molecule has 0 saturated heterocycles. The highest BCUT2D eigenvalue weighted by atomic mass is 79.9. The summed E-state index contributed by atoms with van der Waals surface area (Å²) in [6, 6.07) is 3.17. The summed E-state index contributed by atoms with van der Waals surface area (Å²) >= 11 is 3.22. The second-order valence-corrected chi connectivity index (χ2v) is 6.20. The lowest BCUT2D eigenvalue weighted by atomic mass is 10.2. The first-order valence-corrected chi connectivity index (χ1v) is 7.32. The summed E-state index contributed by atoms with van der Waals surface area (Å²) in [5.74, 6) is -1.58. The second-order valence-electron chi connectivity index (χ2n) is 3.63. The van der Waals surface area contributed by atoms with Crippen molar-refractivity contribution in [2.75, 3.05) is 23.3 Å². The van der Waals surface area contributed by atoms with Crippen molar-refractivity contribution in [3.8, 4) is 0 Å². The molecule has 0 aliphatic heterocycles. The van der Waals surface area contributed by atoms with Crippen molar-refractivity contribution < 1.29 is 17.9 Å². The largest absolute Gasteiger partial charge is 0.468 e. The first-order valence-electron chi connectivity index (χ1n) is 4.88. The Bertz CT molecular complexity index is 571. The topological polar surface area (TPSA) is 98.5 Å². The number of carbonyl (C=O) groups is 1. The SMILES string of the molecule is COC(=O)CS(=O)(=O)Nc1cc(N)c(C)cc1Br. The Balaban J connectivity index is 2.98. The molecular weight excluding hydrogens is 324 g/mol. The fourth-order valence-corrected chi connectivity index (χ4v) is 2.88. The first kappa shape index (κ1) is 14.8. The maximum Gasteiger partial charge on any atom is 0.322 e. The van der Waals surface area contributed by atoms with Gasteiger partial charge in [0.2, 0.25) is 10.0 Å². The molecule has 100 valence electrons. The monoisotopic (exact) mass is 336 g/mol. The van der Waals surface area contributed by atoms with Gasteiger partial charge in [0.1, 0.15) is 0 Å². The number of benzene rings is 1. The molecule has 0 atom stereocenters. The van der Waals surface area contributed by atoms with Gasteiger partial charge in [-0.25, -0.2) is 8.42 Å². The van der Waals surface area contributed by atoms with Crippen LogP contribution in [0.2, 0.25) is 0 Å². The van der Waals surface area contributed by atoms with Gasteiger partial charge < -0.3 is 10.5 Å². The molecular formula is C10H13BrN2O4S. The standard InChI is InChI=1S/C10H13BrN2O4S/c1-6-3-7(11)9(4-8(6)12)13-18(15,16)5-10(14)17-2/h3-4,13H,5,12H2,1-2H3. The Kier molecular flexibility index (Phi) is 4.58. The number of sulfonamides is 1. The zero-order valence-electron chi connectivity index (χ0n) is 9.86.